The van der Waals surface area contributed by atoms with Crippen LogP contribution in [0.5, 0.6) is 0 Å². The zero-order valence-electron chi connectivity index (χ0n) is 25.9. The number of fused-ring (bicyclic) bond motifs is 1. The van der Waals surface area contributed by atoms with Gasteiger partial charge in [-0.1, -0.05) is 54.6 Å². The van der Waals surface area contributed by atoms with Crippen molar-refractivity contribution in [2.75, 3.05) is 19.6 Å². The molecule has 2 aliphatic heterocycles. The van der Waals surface area contributed by atoms with E-state index in [-0.39, 0.29) is 42.5 Å². The van der Waals surface area contributed by atoms with E-state index in [1.165, 1.54) is 15.5 Å². The van der Waals surface area contributed by atoms with E-state index >= 15 is 0 Å². The van der Waals surface area contributed by atoms with Crippen LogP contribution in [-0.2, 0) is 26.8 Å². The third kappa shape index (κ3) is 5.84. The highest BCUT2D eigenvalue weighted by atomic mass is 32.1. The summed E-state index contributed by atoms with van der Waals surface area (Å²) < 4.78 is 1.37. The minimum Gasteiger partial charge on any atom is -0.480 e. The van der Waals surface area contributed by atoms with Crippen molar-refractivity contribution in [2.24, 2.45) is 7.05 Å². The predicted molar refractivity (Wildman–Crippen MR) is 177 cm³/mol. The highest BCUT2D eigenvalue weighted by Crippen LogP contribution is 2.49. The van der Waals surface area contributed by atoms with Gasteiger partial charge in [0.05, 0.1) is 11.3 Å². The Bertz CT molecular complexity index is 1690. The first kappa shape index (κ1) is 33.0. The number of carbonyl (C=O) groups excluding carboxylic acids is 3. The van der Waals surface area contributed by atoms with Crippen molar-refractivity contribution < 1.29 is 24.3 Å². The summed E-state index contributed by atoms with van der Waals surface area (Å²) in [5.74, 6) is -2.08. The normalized spacial score (nSPS) is 22.8. The van der Waals surface area contributed by atoms with Gasteiger partial charge in [0.25, 0.3) is 11.5 Å². The van der Waals surface area contributed by atoms with Gasteiger partial charge in [-0.05, 0) is 67.3 Å². The maximum Gasteiger partial charge on any atom is 0.326 e. The van der Waals surface area contributed by atoms with Crippen LogP contribution in [0.2, 0.25) is 0 Å². The Morgan fingerprint density at radius 1 is 0.870 bits per heavy atom. The van der Waals surface area contributed by atoms with Crippen LogP contribution < -0.4 is 10.9 Å². The summed E-state index contributed by atoms with van der Waals surface area (Å²) in [5.41, 5.74) is 0.998. The lowest BCUT2D eigenvalue weighted by atomic mass is 9.62. The lowest BCUT2D eigenvalue weighted by molar-refractivity contribution is -0.150. The number of carboxylic acid groups (broad SMARTS) is 1. The number of benzene rings is 2. The van der Waals surface area contributed by atoms with Crippen LogP contribution in [0.15, 0.2) is 77.7 Å². The number of hydrogen-bond acceptors (Lipinski definition) is 5. The first-order valence-electron chi connectivity index (χ1n) is 15.7. The molecule has 3 amide bonds. The number of nitrogens with zero attached hydrogens (tertiary/aromatic N) is 3. The number of likely N-dealkylation sites (tertiary alicyclic amines) is 2. The van der Waals surface area contributed by atoms with Gasteiger partial charge in [-0.25, -0.2) is 4.79 Å². The van der Waals surface area contributed by atoms with Crippen LogP contribution in [0.1, 0.15) is 71.5 Å². The second-order valence-electron chi connectivity index (χ2n) is 12.4. The number of pyridine rings is 1. The summed E-state index contributed by atoms with van der Waals surface area (Å²) in [6, 6.07) is 19.3. The molecular formula is C35H40N4O6S. The molecule has 2 N–H and O–H groups in total. The summed E-state index contributed by atoms with van der Waals surface area (Å²) in [6.45, 7) is 1.32. The summed E-state index contributed by atoms with van der Waals surface area (Å²) in [7, 11) is 1.60. The minimum absolute atomic E-state index is 0. The number of aryl methyl sites for hydroxylation is 1. The molecule has 11 heteroatoms. The van der Waals surface area contributed by atoms with Crippen LogP contribution in [0.4, 0.5) is 0 Å². The number of hydrogen-bond donors (Lipinski definition) is 2. The molecule has 0 unspecified atom stereocenters. The Morgan fingerprint density at radius 2 is 1.57 bits per heavy atom. The van der Waals surface area contributed by atoms with Crippen molar-refractivity contribution >= 4 is 37.2 Å². The smallest absolute Gasteiger partial charge is 0.326 e. The molecule has 0 bridgehead atoms. The maximum absolute atomic E-state index is 14.6. The lowest BCUT2D eigenvalue weighted by Gasteiger charge is -2.44. The van der Waals surface area contributed by atoms with E-state index < -0.39 is 29.3 Å². The van der Waals surface area contributed by atoms with Crippen molar-refractivity contribution in [3.63, 3.8) is 0 Å². The largest absolute Gasteiger partial charge is 0.480 e. The summed E-state index contributed by atoms with van der Waals surface area (Å²) in [5, 5.41) is 12.9. The molecule has 3 atom stereocenters. The average Bonchev–Trinajstić information content (AvgIpc) is 3.56. The van der Waals surface area contributed by atoms with Crippen LogP contribution >= 0.6 is 13.5 Å². The summed E-state index contributed by atoms with van der Waals surface area (Å²) in [6.07, 6.45) is 4.61. The molecule has 3 aliphatic rings. The molecule has 2 fully saturated rings. The molecule has 0 saturated carbocycles. The van der Waals surface area contributed by atoms with E-state index in [0.717, 1.165) is 16.7 Å². The van der Waals surface area contributed by atoms with E-state index in [4.69, 9.17) is 0 Å². The Balaban J connectivity index is 0.00000417. The van der Waals surface area contributed by atoms with Gasteiger partial charge in [-0.2, -0.15) is 13.5 Å². The van der Waals surface area contributed by atoms with Gasteiger partial charge in [0, 0.05) is 38.9 Å². The fourth-order valence-corrected chi connectivity index (χ4v) is 7.47. The standard InChI is InChI=1S/C35H38N4O6.H2S/c1-37-19-7-12-27(31(37)41)30(40)36-24-16-21-38(22-17-24)32(42)26-15-18-35(23-9-3-2-4-10-23,28-13-6-5-11-25(26)28)34(45)39-20-8-14-29(39)33(43)44;/h2-7,9-13,19,24,26,29H,8,14-18,20-22H2,1H3,(H,36,40)(H,43,44);1H2/t26-,29+,35+;/m0./s1. The van der Waals surface area contributed by atoms with E-state index in [1.807, 2.05) is 59.5 Å². The number of nitrogens with one attached hydrogen (secondary N) is 1. The van der Waals surface area contributed by atoms with Gasteiger partial charge < -0.3 is 24.8 Å². The summed E-state index contributed by atoms with van der Waals surface area (Å²) in [4.78, 5) is 69.3. The molecule has 2 saturated heterocycles. The first-order chi connectivity index (χ1) is 21.7. The first-order valence-corrected chi connectivity index (χ1v) is 15.7. The summed E-state index contributed by atoms with van der Waals surface area (Å²) >= 11 is 0. The van der Waals surface area contributed by atoms with Crippen molar-refractivity contribution in [1.29, 1.82) is 0 Å². The van der Waals surface area contributed by atoms with Crippen LogP contribution in [0.3, 0.4) is 0 Å². The lowest BCUT2D eigenvalue weighted by Crippen LogP contribution is -2.54. The van der Waals surface area contributed by atoms with Gasteiger partial charge in [0.15, 0.2) is 0 Å². The zero-order chi connectivity index (χ0) is 31.7. The van der Waals surface area contributed by atoms with Gasteiger partial charge in [-0.15, -0.1) is 0 Å². The SMILES string of the molecule is Cn1cccc(C(=O)NC2CCN(C(=O)[C@H]3CC[C@@](C(=O)N4CCC[C@@H]4C(=O)O)(c4ccccc4)c4ccccc43)CC2)c1=O.S. The van der Waals surface area contributed by atoms with Gasteiger partial charge in [0.2, 0.25) is 11.8 Å². The number of aromatic nitrogens is 1. The van der Waals surface area contributed by atoms with E-state index in [9.17, 15) is 29.1 Å². The van der Waals surface area contributed by atoms with Crippen molar-refractivity contribution in [3.05, 3.63) is 106 Å². The van der Waals surface area contributed by atoms with Crippen molar-refractivity contribution in [2.45, 2.75) is 61.9 Å². The minimum atomic E-state index is -1.10. The zero-order valence-corrected chi connectivity index (χ0v) is 26.9. The Labute approximate surface area is 274 Å². The molecule has 10 nitrogen and oxygen atoms in total. The van der Waals surface area contributed by atoms with Crippen LogP contribution in [0, 0.1) is 0 Å². The molecule has 3 aromatic rings. The molecule has 2 aromatic carbocycles. The second kappa shape index (κ2) is 13.5. The van der Waals surface area contributed by atoms with Crippen LogP contribution in [-0.4, -0.2) is 74.9 Å². The number of piperidine rings is 1. The van der Waals surface area contributed by atoms with Gasteiger partial charge >= 0.3 is 5.97 Å². The molecule has 0 spiro atoms. The third-order valence-electron chi connectivity index (χ3n) is 9.84. The second-order valence-corrected chi connectivity index (χ2v) is 12.4. The Hall–Kier alpha value is -4.38. The average molecular weight is 645 g/mol. The highest BCUT2D eigenvalue weighted by Gasteiger charge is 2.52. The van der Waals surface area contributed by atoms with Gasteiger partial charge in [0.1, 0.15) is 11.6 Å². The number of aliphatic carboxylic acids is 1. The molecule has 1 aliphatic carbocycles. The number of carbonyl (C=O) groups is 4. The molecule has 46 heavy (non-hydrogen) atoms. The fraction of sp³-hybridized carbons (Fsp3) is 0.400. The highest BCUT2D eigenvalue weighted by molar-refractivity contribution is 7.59. The third-order valence-corrected chi connectivity index (χ3v) is 9.84. The van der Waals surface area contributed by atoms with Crippen LogP contribution in [0.25, 0.3) is 0 Å². The predicted octanol–water partition coefficient (Wildman–Crippen LogP) is 3.16. The Kier molecular flexibility index (Phi) is 9.71. The van der Waals surface area contributed by atoms with E-state index in [2.05, 4.69) is 5.32 Å². The van der Waals surface area contributed by atoms with E-state index in [0.29, 0.717) is 58.2 Å². The number of carboxylic acids is 1. The maximum atomic E-state index is 14.6. The number of rotatable bonds is 6. The van der Waals surface area contributed by atoms with E-state index in [1.54, 1.807) is 19.3 Å². The molecule has 242 valence electrons. The number of amides is 3. The molecule has 1 aromatic heterocycles. The topological polar surface area (TPSA) is 129 Å². The Morgan fingerprint density at radius 3 is 2.28 bits per heavy atom. The monoisotopic (exact) mass is 644 g/mol. The fourth-order valence-electron chi connectivity index (χ4n) is 7.47. The molecule has 0 radical (unpaired) electrons. The van der Waals surface area contributed by atoms with Crippen molar-refractivity contribution in [3.8, 4) is 0 Å². The molecule has 3 heterocycles. The van der Waals surface area contributed by atoms with Gasteiger partial charge in [-0.3, -0.25) is 19.2 Å². The molecular weight excluding hydrogens is 604 g/mol. The van der Waals surface area contributed by atoms with Crippen molar-refractivity contribution in [1.82, 2.24) is 19.7 Å². The quantitative estimate of drug-likeness (QED) is 0.424. The molecule has 6 rings (SSSR count).